The third kappa shape index (κ3) is 2.42. The molecule has 15 heavy (non-hydrogen) atoms. The van der Waals surface area contributed by atoms with Gasteiger partial charge in [0.2, 0.25) is 0 Å². The molecule has 1 aromatic carbocycles. The minimum absolute atomic E-state index is 0.139. The molecule has 3 nitrogen and oxygen atoms in total. The van der Waals surface area contributed by atoms with Gasteiger partial charge in [-0.3, -0.25) is 0 Å². The molecule has 1 aromatic rings. The van der Waals surface area contributed by atoms with Crippen molar-refractivity contribution in [1.82, 2.24) is 5.32 Å². The summed E-state index contributed by atoms with van der Waals surface area (Å²) in [6.45, 7) is 4.22. The van der Waals surface area contributed by atoms with E-state index in [0.717, 1.165) is 5.56 Å². The van der Waals surface area contributed by atoms with Crippen molar-refractivity contribution in [3.05, 3.63) is 23.8 Å². The van der Waals surface area contributed by atoms with Crippen LogP contribution in [0.15, 0.2) is 18.2 Å². The molecule has 0 radical (unpaired) electrons. The van der Waals surface area contributed by atoms with Crippen LogP contribution in [0.4, 0.5) is 0 Å². The molecular weight excluding hydrogens is 190 g/mol. The second-order valence-corrected chi connectivity index (χ2v) is 3.91. The molecule has 0 fully saturated rings. The molecule has 3 heteroatoms. The molecule has 0 spiro atoms. The maximum absolute atomic E-state index is 9.97. The minimum atomic E-state index is 0.139. The Kier molecular flexibility index (Phi) is 3.97. The van der Waals surface area contributed by atoms with Crippen molar-refractivity contribution in [1.29, 1.82) is 0 Å². The summed E-state index contributed by atoms with van der Waals surface area (Å²) in [5, 5.41) is 13.2. The predicted octanol–water partition coefficient (Wildman–Crippen LogP) is 2.32. The van der Waals surface area contributed by atoms with Crippen LogP contribution < -0.4 is 10.1 Å². The molecule has 0 heterocycles. The SMILES string of the molecule is CNC(c1cccc(OC)c1O)C(C)C. The Morgan fingerprint density at radius 3 is 2.47 bits per heavy atom. The van der Waals surface area contributed by atoms with E-state index in [1.807, 2.05) is 19.2 Å². The van der Waals surface area contributed by atoms with Crippen molar-refractivity contribution in [2.75, 3.05) is 14.2 Å². The summed E-state index contributed by atoms with van der Waals surface area (Å²) in [6.07, 6.45) is 0. The van der Waals surface area contributed by atoms with Gasteiger partial charge in [-0.2, -0.15) is 0 Å². The molecule has 1 unspecified atom stereocenters. The first kappa shape index (κ1) is 11.9. The summed E-state index contributed by atoms with van der Waals surface area (Å²) in [4.78, 5) is 0. The van der Waals surface area contributed by atoms with Gasteiger partial charge in [-0.25, -0.2) is 0 Å². The number of nitrogens with one attached hydrogen (secondary N) is 1. The van der Waals surface area contributed by atoms with Crippen molar-refractivity contribution >= 4 is 0 Å². The van der Waals surface area contributed by atoms with Crippen LogP contribution in [0.3, 0.4) is 0 Å². The average Bonchev–Trinajstić information content (AvgIpc) is 2.21. The highest BCUT2D eigenvalue weighted by atomic mass is 16.5. The normalized spacial score (nSPS) is 12.9. The highest BCUT2D eigenvalue weighted by Gasteiger charge is 2.18. The minimum Gasteiger partial charge on any atom is -0.504 e. The number of rotatable bonds is 4. The fourth-order valence-corrected chi connectivity index (χ4v) is 1.80. The number of ether oxygens (including phenoxy) is 1. The lowest BCUT2D eigenvalue weighted by atomic mass is 9.95. The summed E-state index contributed by atoms with van der Waals surface area (Å²) in [5.41, 5.74) is 0.881. The Hall–Kier alpha value is -1.22. The Morgan fingerprint density at radius 2 is 2.00 bits per heavy atom. The Balaban J connectivity index is 3.12. The molecule has 1 atom stereocenters. The second kappa shape index (κ2) is 5.03. The van der Waals surface area contributed by atoms with E-state index in [4.69, 9.17) is 4.74 Å². The largest absolute Gasteiger partial charge is 0.504 e. The first-order valence-corrected chi connectivity index (χ1v) is 5.15. The lowest BCUT2D eigenvalue weighted by Crippen LogP contribution is -2.21. The van der Waals surface area contributed by atoms with Gasteiger partial charge in [0.1, 0.15) is 0 Å². The second-order valence-electron chi connectivity index (χ2n) is 3.91. The lowest BCUT2D eigenvalue weighted by molar-refractivity contribution is 0.357. The molecular formula is C12H19NO2. The van der Waals surface area contributed by atoms with Gasteiger partial charge in [0.25, 0.3) is 0 Å². The van der Waals surface area contributed by atoms with Crippen LogP contribution in [0, 0.1) is 5.92 Å². The zero-order chi connectivity index (χ0) is 11.4. The standard InChI is InChI=1S/C12H19NO2/c1-8(2)11(13-3)9-6-5-7-10(15-4)12(9)14/h5-8,11,13-14H,1-4H3. The van der Waals surface area contributed by atoms with Gasteiger partial charge in [-0.05, 0) is 19.0 Å². The van der Waals surface area contributed by atoms with E-state index in [0.29, 0.717) is 11.7 Å². The molecule has 0 aromatic heterocycles. The smallest absolute Gasteiger partial charge is 0.162 e. The van der Waals surface area contributed by atoms with Gasteiger partial charge < -0.3 is 15.2 Å². The third-order valence-corrected chi connectivity index (χ3v) is 2.56. The quantitative estimate of drug-likeness (QED) is 0.799. The summed E-state index contributed by atoms with van der Waals surface area (Å²) in [5.74, 6) is 1.16. The maximum atomic E-state index is 9.97. The van der Waals surface area contributed by atoms with Crippen LogP contribution in [0.1, 0.15) is 25.5 Å². The summed E-state index contributed by atoms with van der Waals surface area (Å²) in [6, 6.07) is 5.70. The summed E-state index contributed by atoms with van der Waals surface area (Å²) < 4.78 is 5.08. The molecule has 0 saturated heterocycles. The number of hydrogen-bond acceptors (Lipinski definition) is 3. The van der Waals surface area contributed by atoms with E-state index < -0.39 is 0 Å². The van der Waals surface area contributed by atoms with Gasteiger partial charge in [0, 0.05) is 11.6 Å². The van der Waals surface area contributed by atoms with Gasteiger partial charge in [-0.15, -0.1) is 0 Å². The number of benzene rings is 1. The van der Waals surface area contributed by atoms with Crippen LogP contribution in [-0.4, -0.2) is 19.3 Å². The van der Waals surface area contributed by atoms with Gasteiger partial charge in [0.15, 0.2) is 11.5 Å². The Bertz CT molecular complexity index is 323. The molecule has 0 aliphatic carbocycles. The van der Waals surface area contributed by atoms with E-state index in [9.17, 15) is 5.11 Å². The predicted molar refractivity (Wildman–Crippen MR) is 61.3 cm³/mol. The summed E-state index contributed by atoms with van der Waals surface area (Å²) in [7, 11) is 3.45. The maximum Gasteiger partial charge on any atom is 0.162 e. The van der Waals surface area contributed by atoms with Crippen molar-refractivity contribution in [2.24, 2.45) is 5.92 Å². The number of phenols is 1. The highest BCUT2D eigenvalue weighted by molar-refractivity contribution is 5.46. The highest BCUT2D eigenvalue weighted by Crippen LogP contribution is 2.35. The number of aromatic hydroxyl groups is 1. The van der Waals surface area contributed by atoms with Gasteiger partial charge >= 0.3 is 0 Å². The molecule has 0 aliphatic rings. The number of methoxy groups -OCH3 is 1. The van der Waals surface area contributed by atoms with Crippen molar-refractivity contribution in [2.45, 2.75) is 19.9 Å². The van der Waals surface area contributed by atoms with E-state index in [2.05, 4.69) is 19.2 Å². The van der Waals surface area contributed by atoms with E-state index in [-0.39, 0.29) is 11.8 Å². The zero-order valence-corrected chi connectivity index (χ0v) is 9.74. The first-order valence-electron chi connectivity index (χ1n) is 5.15. The van der Waals surface area contributed by atoms with E-state index >= 15 is 0 Å². The topological polar surface area (TPSA) is 41.5 Å². The van der Waals surface area contributed by atoms with Crippen LogP contribution in [-0.2, 0) is 0 Å². The van der Waals surface area contributed by atoms with Crippen LogP contribution in [0.2, 0.25) is 0 Å². The molecule has 0 aliphatic heterocycles. The fourth-order valence-electron chi connectivity index (χ4n) is 1.80. The average molecular weight is 209 g/mol. The van der Waals surface area contributed by atoms with Crippen LogP contribution in [0.5, 0.6) is 11.5 Å². The fraction of sp³-hybridized carbons (Fsp3) is 0.500. The molecule has 2 N–H and O–H groups in total. The third-order valence-electron chi connectivity index (χ3n) is 2.56. The van der Waals surface area contributed by atoms with Crippen molar-refractivity contribution < 1.29 is 9.84 Å². The Labute approximate surface area is 91.1 Å². The van der Waals surface area contributed by atoms with Crippen molar-refractivity contribution in [3.8, 4) is 11.5 Å². The van der Waals surface area contributed by atoms with Crippen molar-refractivity contribution in [3.63, 3.8) is 0 Å². The van der Waals surface area contributed by atoms with Gasteiger partial charge in [-0.1, -0.05) is 26.0 Å². The van der Waals surface area contributed by atoms with Crippen LogP contribution in [0.25, 0.3) is 0 Å². The molecule has 84 valence electrons. The molecule has 0 amide bonds. The summed E-state index contributed by atoms with van der Waals surface area (Å²) >= 11 is 0. The Morgan fingerprint density at radius 1 is 1.33 bits per heavy atom. The number of phenolic OH excluding ortho intramolecular Hbond substituents is 1. The van der Waals surface area contributed by atoms with Gasteiger partial charge in [0.05, 0.1) is 7.11 Å². The lowest BCUT2D eigenvalue weighted by Gasteiger charge is -2.22. The number of hydrogen-bond donors (Lipinski definition) is 2. The van der Waals surface area contributed by atoms with E-state index in [1.54, 1.807) is 13.2 Å². The van der Waals surface area contributed by atoms with E-state index in [1.165, 1.54) is 0 Å². The zero-order valence-electron chi connectivity index (χ0n) is 9.74. The molecule has 1 rings (SSSR count). The monoisotopic (exact) mass is 209 g/mol. The molecule has 0 saturated carbocycles. The first-order chi connectivity index (χ1) is 7.11. The van der Waals surface area contributed by atoms with Crippen LogP contribution >= 0.6 is 0 Å². The number of para-hydroxylation sites is 1. The molecule has 0 bridgehead atoms.